The van der Waals surface area contributed by atoms with Crippen LogP contribution in [0.1, 0.15) is 6.42 Å². The largest absolute Gasteiger partial charge is 0.465 e. The summed E-state index contributed by atoms with van der Waals surface area (Å²) in [4.78, 5) is 11.0. The molecule has 0 amide bonds. The van der Waals surface area contributed by atoms with Gasteiger partial charge in [0.1, 0.15) is 10.8 Å². The number of nitrogens with zero attached hydrogens (tertiary/aromatic N) is 2. The molecule has 0 bridgehead atoms. The predicted molar refractivity (Wildman–Crippen MR) is 45.1 cm³/mol. The van der Waals surface area contributed by atoms with Crippen LogP contribution in [0.2, 0.25) is 0 Å². The van der Waals surface area contributed by atoms with Gasteiger partial charge in [-0.15, -0.1) is 10.2 Å². The molecule has 6 heteroatoms. The number of hydrogen-bond donors (Lipinski definition) is 0. The fourth-order valence-electron chi connectivity index (χ4n) is 0.920. The lowest BCUT2D eigenvalue weighted by Crippen LogP contribution is -2.08. The normalized spacial score (nSPS) is 22.7. The van der Waals surface area contributed by atoms with E-state index < -0.39 is 0 Å². The lowest BCUT2D eigenvalue weighted by atomic mass is 10.4. The van der Waals surface area contributed by atoms with Crippen molar-refractivity contribution in [3.05, 3.63) is 5.51 Å². The second kappa shape index (κ2) is 3.40. The molecule has 2 rings (SSSR count). The molecule has 0 unspecified atom stereocenters. The van der Waals surface area contributed by atoms with Crippen molar-refractivity contribution in [3.8, 4) is 0 Å². The van der Waals surface area contributed by atoms with E-state index in [0.717, 1.165) is 10.8 Å². The topological polar surface area (TPSA) is 52.1 Å². The van der Waals surface area contributed by atoms with Crippen LogP contribution in [0.5, 0.6) is 0 Å². The Morgan fingerprint density at radius 1 is 1.75 bits per heavy atom. The molecule has 1 aliphatic heterocycles. The third kappa shape index (κ3) is 1.59. The Labute approximate surface area is 77.3 Å². The summed E-state index contributed by atoms with van der Waals surface area (Å²) in [5, 5.41) is 7.45. The van der Waals surface area contributed by atoms with Crippen molar-refractivity contribution < 1.29 is 9.53 Å². The third-order valence-electron chi connectivity index (χ3n) is 1.47. The lowest BCUT2D eigenvalue weighted by Gasteiger charge is -1.98. The molecule has 0 spiro atoms. The molecular formula is C6H6N2O2S2. The molecule has 1 atom stereocenters. The third-order valence-corrected chi connectivity index (χ3v) is 3.53. The molecule has 2 heterocycles. The van der Waals surface area contributed by atoms with Crippen LogP contribution in [0.4, 0.5) is 0 Å². The zero-order valence-corrected chi connectivity index (χ0v) is 7.73. The highest BCUT2D eigenvalue weighted by Crippen LogP contribution is 2.29. The standard InChI is InChI=1S/C6H6N2O2S2/c9-5-4(1-2-10-5)12-6-8-7-3-11-6/h3-4H,1-2H2/t4-/m0/s1. The van der Waals surface area contributed by atoms with Crippen LogP contribution in [0.15, 0.2) is 9.85 Å². The molecule has 1 saturated heterocycles. The zero-order valence-electron chi connectivity index (χ0n) is 6.10. The monoisotopic (exact) mass is 202 g/mol. The van der Waals surface area contributed by atoms with Crippen LogP contribution in [0.25, 0.3) is 0 Å². The van der Waals surface area contributed by atoms with Crippen molar-refractivity contribution in [3.63, 3.8) is 0 Å². The number of hydrogen-bond acceptors (Lipinski definition) is 6. The van der Waals surface area contributed by atoms with Gasteiger partial charge in [-0.1, -0.05) is 23.1 Å². The van der Waals surface area contributed by atoms with Crippen LogP contribution in [0.3, 0.4) is 0 Å². The van der Waals surface area contributed by atoms with Gasteiger partial charge in [0.25, 0.3) is 0 Å². The summed E-state index contributed by atoms with van der Waals surface area (Å²) in [6.07, 6.45) is 0.781. The Morgan fingerprint density at radius 3 is 3.25 bits per heavy atom. The average molecular weight is 202 g/mol. The summed E-state index contributed by atoms with van der Waals surface area (Å²) in [6.45, 7) is 0.537. The molecule has 1 fully saturated rings. The minimum Gasteiger partial charge on any atom is -0.465 e. The van der Waals surface area contributed by atoms with Crippen molar-refractivity contribution in [2.45, 2.75) is 16.0 Å². The Kier molecular flexibility index (Phi) is 2.27. The van der Waals surface area contributed by atoms with Gasteiger partial charge in [0.2, 0.25) is 0 Å². The fourth-order valence-corrected chi connectivity index (χ4v) is 2.61. The van der Waals surface area contributed by atoms with Gasteiger partial charge in [0.05, 0.1) is 6.61 Å². The highest BCUT2D eigenvalue weighted by atomic mass is 32.2. The first kappa shape index (κ1) is 8.00. The Balaban J connectivity index is 1.99. The van der Waals surface area contributed by atoms with E-state index in [9.17, 15) is 4.79 Å². The first-order valence-electron chi connectivity index (χ1n) is 3.46. The molecule has 0 saturated carbocycles. The van der Waals surface area contributed by atoms with Gasteiger partial charge < -0.3 is 4.74 Å². The molecule has 0 N–H and O–H groups in total. The summed E-state index contributed by atoms with van der Waals surface area (Å²) < 4.78 is 5.64. The van der Waals surface area contributed by atoms with E-state index in [1.54, 1.807) is 5.51 Å². The highest BCUT2D eigenvalue weighted by molar-refractivity contribution is 8.02. The SMILES string of the molecule is O=C1OCC[C@@H]1Sc1nncs1. The molecule has 64 valence electrons. The maximum atomic E-state index is 11.0. The number of aromatic nitrogens is 2. The summed E-state index contributed by atoms with van der Waals surface area (Å²) in [6, 6.07) is 0. The molecule has 1 aliphatic rings. The minimum atomic E-state index is -0.129. The van der Waals surface area contributed by atoms with Crippen molar-refractivity contribution in [2.24, 2.45) is 0 Å². The molecule has 1 aromatic rings. The number of ether oxygens (including phenoxy) is 1. The number of rotatable bonds is 2. The number of carbonyl (C=O) groups is 1. The van der Waals surface area contributed by atoms with Crippen LogP contribution in [-0.2, 0) is 9.53 Å². The number of cyclic esters (lactones) is 1. The van der Waals surface area contributed by atoms with Crippen molar-refractivity contribution in [1.82, 2.24) is 10.2 Å². The van der Waals surface area contributed by atoms with E-state index in [1.165, 1.54) is 23.1 Å². The van der Waals surface area contributed by atoms with Crippen molar-refractivity contribution >= 4 is 29.1 Å². The smallest absolute Gasteiger partial charge is 0.319 e. The molecule has 0 aliphatic carbocycles. The van der Waals surface area contributed by atoms with E-state index in [-0.39, 0.29) is 11.2 Å². The minimum absolute atomic E-state index is 0.0713. The molecule has 4 nitrogen and oxygen atoms in total. The van der Waals surface area contributed by atoms with Gasteiger partial charge in [-0.25, -0.2) is 0 Å². The van der Waals surface area contributed by atoms with Crippen LogP contribution in [-0.4, -0.2) is 28.0 Å². The Bertz CT molecular complexity index is 275. The van der Waals surface area contributed by atoms with Crippen LogP contribution in [0, 0.1) is 0 Å². The molecule has 1 aromatic heterocycles. The van der Waals surface area contributed by atoms with Crippen molar-refractivity contribution in [1.29, 1.82) is 0 Å². The van der Waals surface area contributed by atoms with E-state index in [1.807, 2.05) is 0 Å². The first-order chi connectivity index (χ1) is 5.86. The maximum absolute atomic E-state index is 11.0. The quantitative estimate of drug-likeness (QED) is 0.668. The van der Waals surface area contributed by atoms with Gasteiger partial charge in [-0.2, -0.15) is 0 Å². The van der Waals surface area contributed by atoms with E-state index >= 15 is 0 Å². The molecule has 12 heavy (non-hydrogen) atoms. The number of carbonyl (C=O) groups excluding carboxylic acids is 1. The lowest BCUT2D eigenvalue weighted by molar-refractivity contribution is -0.137. The van der Waals surface area contributed by atoms with E-state index in [4.69, 9.17) is 4.74 Å². The average Bonchev–Trinajstić information content (AvgIpc) is 2.65. The first-order valence-corrected chi connectivity index (χ1v) is 5.21. The highest BCUT2D eigenvalue weighted by Gasteiger charge is 2.28. The molecule has 0 aromatic carbocycles. The van der Waals surface area contributed by atoms with Gasteiger partial charge in [-0.05, 0) is 0 Å². The zero-order chi connectivity index (χ0) is 8.39. The maximum Gasteiger partial charge on any atom is 0.319 e. The van der Waals surface area contributed by atoms with Gasteiger partial charge >= 0.3 is 5.97 Å². The second-order valence-corrected chi connectivity index (χ2v) is 4.55. The van der Waals surface area contributed by atoms with Crippen LogP contribution >= 0.6 is 23.1 Å². The number of thioether (sulfide) groups is 1. The summed E-state index contributed by atoms with van der Waals surface area (Å²) in [5.41, 5.74) is 1.66. The molecular weight excluding hydrogens is 196 g/mol. The summed E-state index contributed by atoms with van der Waals surface area (Å²) in [5.74, 6) is -0.129. The van der Waals surface area contributed by atoms with Gasteiger partial charge in [0, 0.05) is 6.42 Å². The molecule has 0 radical (unpaired) electrons. The predicted octanol–water partition coefficient (Wildman–Crippen LogP) is 0.946. The van der Waals surface area contributed by atoms with E-state index in [0.29, 0.717) is 6.61 Å². The van der Waals surface area contributed by atoms with Gasteiger partial charge in [0.15, 0.2) is 4.34 Å². The van der Waals surface area contributed by atoms with Crippen molar-refractivity contribution in [2.75, 3.05) is 6.61 Å². The number of esters is 1. The summed E-state index contributed by atoms with van der Waals surface area (Å²) >= 11 is 2.88. The fraction of sp³-hybridized carbons (Fsp3) is 0.500. The van der Waals surface area contributed by atoms with Gasteiger partial charge in [-0.3, -0.25) is 4.79 Å². The van der Waals surface area contributed by atoms with E-state index in [2.05, 4.69) is 10.2 Å². The Hall–Kier alpha value is -0.620. The second-order valence-electron chi connectivity index (χ2n) is 2.27. The Morgan fingerprint density at radius 2 is 2.67 bits per heavy atom. The van der Waals surface area contributed by atoms with Crippen LogP contribution < -0.4 is 0 Å². The summed E-state index contributed by atoms with van der Waals surface area (Å²) in [7, 11) is 0.